The second kappa shape index (κ2) is 7.01. The van der Waals surface area contributed by atoms with Crippen LogP contribution >= 0.6 is 11.3 Å². The van der Waals surface area contributed by atoms with Gasteiger partial charge in [-0.1, -0.05) is 18.2 Å². The minimum Gasteiger partial charge on any atom is -0.355 e. The van der Waals surface area contributed by atoms with E-state index in [9.17, 15) is 9.59 Å². The average molecular weight is 340 g/mol. The lowest BCUT2D eigenvalue weighted by atomic mass is 10.0. The molecule has 0 aliphatic heterocycles. The van der Waals surface area contributed by atoms with Crippen molar-refractivity contribution in [2.75, 3.05) is 6.54 Å². The number of nitrogens with one attached hydrogen (secondary N) is 2. The minimum absolute atomic E-state index is 0.0128. The highest BCUT2D eigenvalue weighted by atomic mass is 32.1. The molecule has 0 saturated heterocycles. The Kier molecular flexibility index (Phi) is 4.81. The standard InChI is InChI=1S/C19H20N2O2S/c1-12-5-6-14-10-15(19(23)21-18(14)13(12)2)7-8-20-17(22)11-16-4-3-9-24-16/h3-6,9-10H,7-8,11H2,1-2H3,(H,20,22)(H,21,23). The molecule has 2 heterocycles. The second-order valence-electron chi connectivity index (χ2n) is 5.95. The molecule has 0 fully saturated rings. The van der Waals surface area contributed by atoms with Crippen molar-refractivity contribution in [3.63, 3.8) is 0 Å². The largest absolute Gasteiger partial charge is 0.355 e. The summed E-state index contributed by atoms with van der Waals surface area (Å²) in [7, 11) is 0. The molecule has 0 aliphatic carbocycles. The molecule has 2 aromatic heterocycles. The number of carbonyl (C=O) groups is 1. The number of thiophene rings is 1. The molecular weight excluding hydrogens is 320 g/mol. The third-order valence-electron chi connectivity index (χ3n) is 4.26. The van der Waals surface area contributed by atoms with Crippen LogP contribution in [0, 0.1) is 13.8 Å². The molecule has 1 amide bonds. The maximum absolute atomic E-state index is 12.3. The van der Waals surface area contributed by atoms with Crippen LogP contribution in [0.15, 0.2) is 40.5 Å². The Morgan fingerprint density at radius 3 is 2.83 bits per heavy atom. The van der Waals surface area contributed by atoms with Gasteiger partial charge >= 0.3 is 0 Å². The Morgan fingerprint density at radius 1 is 1.25 bits per heavy atom. The molecule has 124 valence electrons. The van der Waals surface area contributed by atoms with Gasteiger partial charge in [-0.3, -0.25) is 9.59 Å². The SMILES string of the molecule is Cc1ccc2cc(CCNC(=O)Cc3cccs3)c(=O)[nH]c2c1C. The molecule has 0 unspecified atom stereocenters. The van der Waals surface area contributed by atoms with Crippen LogP contribution in [0.2, 0.25) is 0 Å². The van der Waals surface area contributed by atoms with Crippen molar-refractivity contribution < 1.29 is 4.79 Å². The number of fused-ring (bicyclic) bond motifs is 1. The zero-order valence-corrected chi connectivity index (χ0v) is 14.6. The summed E-state index contributed by atoms with van der Waals surface area (Å²) < 4.78 is 0. The molecule has 0 atom stereocenters. The highest BCUT2D eigenvalue weighted by Crippen LogP contribution is 2.18. The summed E-state index contributed by atoms with van der Waals surface area (Å²) in [5, 5.41) is 5.86. The molecule has 0 radical (unpaired) electrons. The second-order valence-corrected chi connectivity index (χ2v) is 6.98. The van der Waals surface area contributed by atoms with E-state index in [-0.39, 0.29) is 11.5 Å². The number of hydrogen-bond acceptors (Lipinski definition) is 3. The van der Waals surface area contributed by atoms with Crippen LogP contribution < -0.4 is 10.9 Å². The molecule has 3 aromatic rings. The lowest BCUT2D eigenvalue weighted by Gasteiger charge is -2.08. The monoisotopic (exact) mass is 340 g/mol. The Labute approximate surface area is 144 Å². The van der Waals surface area contributed by atoms with Gasteiger partial charge in [0.1, 0.15) is 0 Å². The van der Waals surface area contributed by atoms with E-state index >= 15 is 0 Å². The fourth-order valence-corrected chi connectivity index (χ4v) is 3.43. The van der Waals surface area contributed by atoms with E-state index in [1.165, 1.54) is 0 Å². The third-order valence-corrected chi connectivity index (χ3v) is 5.14. The van der Waals surface area contributed by atoms with Crippen molar-refractivity contribution in [3.05, 3.63) is 67.6 Å². The van der Waals surface area contributed by atoms with Crippen LogP contribution in [0.25, 0.3) is 10.9 Å². The highest BCUT2D eigenvalue weighted by molar-refractivity contribution is 7.10. The van der Waals surface area contributed by atoms with Gasteiger partial charge in [-0.2, -0.15) is 0 Å². The Balaban J connectivity index is 1.67. The number of H-pyrrole nitrogens is 1. The van der Waals surface area contributed by atoms with E-state index in [1.54, 1.807) is 11.3 Å². The maximum Gasteiger partial charge on any atom is 0.251 e. The molecule has 2 N–H and O–H groups in total. The van der Waals surface area contributed by atoms with E-state index in [1.807, 2.05) is 43.5 Å². The van der Waals surface area contributed by atoms with Crippen molar-refractivity contribution in [2.45, 2.75) is 26.7 Å². The quantitative estimate of drug-likeness (QED) is 0.750. The molecule has 0 aliphatic rings. The van der Waals surface area contributed by atoms with Gasteiger partial charge < -0.3 is 10.3 Å². The van der Waals surface area contributed by atoms with Crippen molar-refractivity contribution in [2.24, 2.45) is 0 Å². The van der Waals surface area contributed by atoms with Crippen LogP contribution in [0.4, 0.5) is 0 Å². The average Bonchev–Trinajstić information content (AvgIpc) is 3.05. The molecule has 0 bridgehead atoms. The maximum atomic E-state index is 12.3. The van der Waals surface area contributed by atoms with E-state index in [0.717, 1.165) is 26.9 Å². The van der Waals surface area contributed by atoms with Gasteiger partial charge in [-0.15, -0.1) is 11.3 Å². The first kappa shape index (κ1) is 16.5. The summed E-state index contributed by atoms with van der Waals surface area (Å²) in [5.41, 5.74) is 3.77. The summed E-state index contributed by atoms with van der Waals surface area (Å²) in [6.07, 6.45) is 0.915. The van der Waals surface area contributed by atoms with Gasteiger partial charge in [0.05, 0.1) is 11.9 Å². The molecule has 1 aromatic carbocycles. The summed E-state index contributed by atoms with van der Waals surface area (Å²) >= 11 is 1.57. The number of aromatic amines is 1. The molecule has 5 heteroatoms. The number of aromatic nitrogens is 1. The van der Waals surface area contributed by atoms with Gasteiger partial charge in [0.15, 0.2) is 0 Å². The summed E-state index contributed by atoms with van der Waals surface area (Å²) in [5.74, 6) is -0.0128. The number of pyridine rings is 1. The van der Waals surface area contributed by atoms with Gasteiger partial charge in [0.2, 0.25) is 5.91 Å². The molecule has 24 heavy (non-hydrogen) atoms. The van der Waals surface area contributed by atoms with Gasteiger partial charge in [-0.25, -0.2) is 0 Å². The smallest absolute Gasteiger partial charge is 0.251 e. The zero-order valence-electron chi connectivity index (χ0n) is 13.8. The lowest BCUT2D eigenvalue weighted by molar-refractivity contribution is -0.120. The van der Waals surface area contributed by atoms with E-state index in [2.05, 4.69) is 16.4 Å². The fraction of sp³-hybridized carbons (Fsp3) is 0.263. The first-order valence-electron chi connectivity index (χ1n) is 7.96. The molecule has 0 saturated carbocycles. The highest BCUT2D eigenvalue weighted by Gasteiger charge is 2.08. The van der Waals surface area contributed by atoms with Gasteiger partial charge in [-0.05, 0) is 54.3 Å². The fourth-order valence-electron chi connectivity index (χ4n) is 2.73. The number of carbonyl (C=O) groups excluding carboxylic acids is 1. The van der Waals surface area contributed by atoms with Crippen LogP contribution in [-0.4, -0.2) is 17.4 Å². The summed E-state index contributed by atoms with van der Waals surface area (Å²) in [6.45, 7) is 4.51. The predicted octanol–water partition coefficient (Wildman–Crippen LogP) is 3.11. The number of rotatable bonds is 5. The molecule has 4 nitrogen and oxygen atoms in total. The van der Waals surface area contributed by atoms with Crippen molar-refractivity contribution in [1.82, 2.24) is 10.3 Å². The Bertz CT molecular complexity index is 926. The van der Waals surface area contributed by atoms with E-state index in [4.69, 9.17) is 0 Å². The van der Waals surface area contributed by atoms with Crippen LogP contribution in [-0.2, 0) is 17.6 Å². The zero-order chi connectivity index (χ0) is 17.1. The van der Waals surface area contributed by atoms with Crippen molar-refractivity contribution in [1.29, 1.82) is 0 Å². The van der Waals surface area contributed by atoms with Crippen molar-refractivity contribution in [3.8, 4) is 0 Å². The van der Waals surface area contributed by atoms with E-state index < -0.39 is 0 Å². The van der Waals surface area contributed by atoms with Crippen LogP contribution in [0.5, 0.6) is 0 Å². The molecular formula is C19H20N2O2S. The first-order valence-corrected chi connectivity index (χ1v) is 8.84. The number of hydrogen-bond donors (Lipinski definition) is 2. The number of amides is 1. The summed E-state index contributed by atoms with van der Waals surface area (Å²) in [6, 6.07) is 9.88. The van der Waals surface area contributed by atoms with E-state index in [0.29, 0.717) is 24.9 Å². The van der Waals surface area contributed by atoms with Gasteiger partial charge in [0.25, 0.3) is 5.56 Å². The molecule has 3 rings (SSSR count). The normalized spacial score (nSPS) is 10.9. The number of benzene rings is 1. The van der Waals surface area contributed by atoms with Crippen LogP contribution in [0.3, 0.4) is 0 Å². The third kappa shape index (κ3) is 3.57. The Hall–Kier alpha value is -2.40. The molecule has 0 spiro atoms. The first-order chi connectivity index (χ1) is 11.5. The lowest BCUT2D eigenvalue weighted by Crippen LogP contribution is -2.28. The van der Waals surface area contributed by atoms with Crippen molar-refractivity contribution >= 4 is 28.1 Å². The summed E-state index contributed by atoms with van der Waals surface area (Å²) in [4.78, 5) is 28.2. The Morgan fingerprint density at radius 2 is 2.08 bits per heavy atom. The minimum atomic E-state index is -0.0799. The van der Waals surface area contributed by atoms with Gasteiger partial charge in [0, 0.05) is 17.0 Å². The predicted molar refractivity (Wildman–Crippen MR) is 98.8 cm³/mol. The topological polar surface area (TPSA) is 62.0 Å². The van der Waals surface area contributed by atoms with Crippen LogP contribution in [0.1, 0.15) is 21.6 Å². The number of aryl methyl sites for hydroxylation is 2.